The number of benzene rings is 1. The first-order chi connectivity index (χ1) is 14.4. The van der Waals surface area contributed by atoms with Crippen LogP contribution in [0.15, 0.2) is 24.3 Å². The number of rotatable bonds is 5. The van der Waals surface area contributed by atoms with Gasteiger partial charge in [0.1, 0.15) is 6.10 Å². The molecule has 1 N–H and O–H groups in total. The van der Waals surface area contributed by atoms with Gasteiger partial charge in [0.25, 0.3) is 0 Å². The molecule has 0 radical (unpaired) electrons. The van der Waals surface area contributed by atoms with Gasteiger partial charge < -0.3 is 9.57 Å². The molecule has 1 unspecified atom stereocenters. The quantitative estimate of drug-likeness (QED) is 0.464. The second-order valence-corrected chi connectivity index (χ2v) is 11.6. The van der Waals surface area contributed by atoms with Gasteiger partial charge in [0.2, 0.25) is 0 Å². The highest BCUT2D eigenvalue weighted by molar-refractivity contribution is 6.03. The minimum Gasteiger partial charge on any atom is -0.459 e. The Morgan fingerprint density at radius 1 is 0.839 bits per heavy atom. The van der Waals surface area contributed by atoms with Crippen molar-refractivity contribution in [2.24, 2.45) is 22.7 Å². The number of carbonyl (C=O) groups excluding carboxylic acids is 2. The normalized spacial score (nSPS) is 29.7. The van der Waals surface area contributed by atoms with Gasteiger partial charge in [-0.2, -0.15) is 0 Å². The predicted molar refractivity (Wildman–Crippen MR) is 122 cm³/mol. The molecule has 1 aromatic carbocycles. The minimum absolute atomic E-state index is 0.118. The molecule has 5 nitrogen and oxygen atoms in total. The van der Waals surface area contributed by atoms with Crippen molar-refractivity contribution in [2.45, 2.75) is 92.2 Å². The van der Waals surface area contributed by atoms with E-state index in [1.165, 1.54) is 6.42 Å². The third-order valence-electron chi connectivity index (χ3n) is 6.69. The van der Waals surface area contributed by atoms with Crippen LogP contribution in [0, 0.1) is 22.7 Å². The molecule has 4 atom stereocenters. The van der Waals surface area contributed by atoms with Crippen LogP contribution in [-0.4, -0.2) is 24.1 Å². The Morgan fingerprint density at radius 3 is 1.97 bits per heavy atom. The average Bonchev–Trinajstić information content (AvgIpc) is 2.62. The maximum atomic E-state index is 12.9. The summed E-state index contributed by atoms with van der Waals surface area (Å²) in [5, 5.41) is 0. The van der Waals surface area contributed by atoms with Crippen LogP contribution < -0.4 is 5.48 Å². The maximum Gasteiger partial charge on any atom is 0.357 e. The van der Waals surface area contributed by atoms with Crippen molar-refractivity contribution in [3.05, 3.63) is 35.4 Å². The summed E-state index contributed by atoms with van der Waals surface area (Å²) in [6.45, 7) is 13.4. The van der Waals surface area contributed by atoms with Gasteiger partial charge in [0.05, 0.1) is 11.1 Å². The lowest BCUT2D eigenvalue weighted by Gasteiger charge is -2.38. The first-order valence-electron chi connectivity index (χ1n) is 11.7. The van der Waals surface area contributed by atoms with E-state index in [1.54, 1.807) is 24.3 Å². The Morgan fingerprint density at radius 2 is 1.39 bits per heavy atom. The summed E-state index contributed by atoms with van der Waals surface area (Å²) in [4.78, 5) is 31.2. The molecule has 3 rings (SSSR count). The zero-order valence-electron chi connectivity index (χ0n) is 20.0. The summed E-state index contributed by atoms with van der Waals surface area (Å²) >= 11 is 0. The van der Waals surface area contributed by atoms with E-state index in [0.29, 0.717) is 11.8 Å². The number of ether oxygens (including phenoxy) is 1. The lowest BCUT2D eigenvalue weighted by molar-refractivity contribution is -0.00913. The van der Waals surface area contributed by atoms with Gasteiger partial charge >= 0.3 is 11.9 Å². The molecule has 1 aromatic rings. The van der Waals surface area contributed by atoms with Crippen molar-refractivity contribution in [1.82, 2.24) is 5.48 Å². The lowest BCUT2D eigenvalue weighted by atomic mass is 9.71. The molecule has 0 spiro atoms. The van der Waals surface area contributed by atoms with E-state index in [4.69, 9.17) is 9.57 Å². The molecule has 0 aliphatic heterocycles. The minimum atomic E-state index is -0.541. The highest BCUT2D eigenvalue weighted by atomic mass is 16.7. The van der Waals surface area contributed by atoms with Crippen molar-refractivity contribution in [2.75, 3.05) is 0 Å². The smallest absolute Gasteiger partial charge is 0.357 e. The fourth-order valence-electron chi connectivity index (χ4n) is 6.03. The van der Waals surface area contributed by atoms with Gasteiger partial charge in [-0.05, 0) is 73.3 Å². The predicted octanol–water partition coefficient (Wildman–Crippen LogP) is 5.93. The van der Waals surface area contributed by atoms with Gasteiger partial charge in [-0.25, -0.2) is 9.59 Å². The first-order valence-corrected chi connectivity index (χ1v) is 11.7. The number of hydroxylamine groups is 1. The molecule has 172 valence electrons. The van der Waals surface area contributed by atoms with Crippen LogP contribution in [0.3, 0.4) is 0 Å². The van der Waals surface area contributed by atoms with Crippen molar-refractivity contribution in [1.29, 1.82) is 0 Å². The van der Waals surface area contributed by atoms with E-state index in [1.807, 2.05) is 0 Å². The van der Waals surface area contributed by atoms with Gasteiger partial charge in [-0.1, -0.05) is 53.7 Å². The second kappa shape index (κ2) is 9.32. The second-order valence-electron chi connectivity index (χ2n) is 11.6. The third kappa shape index (κ3) is 6.55. The largest absolute Gasteiger partial charge is 0.459 e. The molecule has 2 saturated carbocycles. The molecule has 0 heterocycles. The average molecular weight is 430 g/mol. The zero-order valence-corrected chi connectivity index (χ0v) is 20.0. The topological polar surface area (TPSA) is 64.6 Å². The molecule has 0 bridgehead atoms. The molecule has 5 heteroatoms. The SMILES string of the molecule is C[C@@H]1C[C@H](OC(=O)c2ccccc2C(=O)ONC2C[C@H](C)CC(C)(C)C2)CC(C)(C)C1. The standard InChI is InChI=1S/C26H39NO4/c1-17-11-19(15-25(3,4)13-17)27-31-24(29)22-10-8-7-9-21(22)23(28)30-20-12-18(2)14-26(5,6)16-20/h7-10,17-20,27H,11-16H2,1-6H3/t17-,18+,19?,20-/m0/s1. The van der Waals surface area contributed by atoms with Crippen LogP contribution in [0.1, 0.15) is 101 Å². The molecule has 31 heavy (non-hydrogen) atoms. The van der Waals surface area contributed by atoms with Crippen molar-refractivity contribution >= 4 is 11.9 Å². The Kier molecular flexibility index (Phi) is 7.14. The first kappa shape index (κ1) is 23.8. The number of esters is 1. The summed E-state index contributed by atoms with van der Waals surface area (Å²) in [6, 6.07) is 6.88. The summed E-state index contributed by atoms with van der Waals surface area (Å²) in [5.41, 5.74) is 3.84. The van der Waals surface area contributed by atoms with Crippen LogP contribution >= 0.6 is 0 Å². The van der Waals surface area contributed by atoms with Gasteiger partial charge in [-0.3, -0.25) is 0 Å². The van der Waals surface area contributed by atoms with Crippen LogP contribution in [0.4, 0.5) is 0 Å². The van der Waals surface area contributed by atoms with Crippen molar-refractivity contribution in [3.63, 3.8) is 0 Å². The van der Waals surface area contributed by atoms with Gasteiger partial charge in [0, 0.05) is 6.04 Å². The van der Waals surface area contributed by atoms with E-state index < -0.39 is 11.9 Å². The Labute approximate surface area is 187 Å². The lowest BCUT2D eigenvalue weighted by Crippen LogP contribution is -2.41. The summed E-state index contributed by atoms with van der Waals surface area (Å²) in [5.74, 6) is 0.0910. The molecular formula is C26H39NO4. The fraction of sp³-hybridized carbons (Fsp3) is 0.692. The molecule has 0 aromatic heterocycles. The summed E-state index contributed by atoms with van der Waals surface area (Å²) in [6.07, 6.45) is 5.79. The van der Waals surface area contributed by atoms with Crippen LogP contribution in [-0.2, 0) is 9.57 Å². The van der Waals surface area contributed by atoms with E-state index in [2.05, 4.69) is 47.0 Å². The Balaban J connectivity index is 1.64. The van der Waals surface area contributed by atoms with Gasteiger partial charge in [0.15, 0.2) is 0 Å². The number of hydrogen-bond acceptors (Lipinski definition) is 5. The third-order valence-corrected chi connectivity index (χ3v) is 6.69. The van der Waals surface area contributed by atoms with Crippen molar-refractivity contribution < 1.29 is 19.2 Å². The molecule has 2 aliphatic carbocycles. The van der Waals surface area contributed by atoms with E-state index in [-0.39, 0.29) is 34.1 Å². The van der Waals surface area contributed by atoms with Crippen molar-refractivity contribution in [3.8, 4) is 0 Å². The van der Waals surface area contributed by atoms with Gasteiger partial charge in [-0.15, -0.1) is 5.48 Å². The number of nitrogens with one attached hydrogen (secondary N) is 1. The molecule has 2 aliphatic rings. The molecule has 2 fully saturated rings. The highest BCUT2D eigenvalue weighted by Gasteiger charge is 2.35. The summed E-state index contributed by atoms with van der Waals surface area (Å²) in [7, 11) is 0. The highest BCUT2D eigenvalue weighted by Crippen LogP contribution is 2.40. The monoisotopic (exact) mass is 429 g/mol. The Hall–Kier alpha value is -1.88. The van der Waals surface area contributed by atoms with E-state index in [9.17, 15) is 9.59 Å². The zero-order chi connectivity index (χ0) is 22.8. The van der Waals surface area contributed by atoms with E-state index in [0.717, 1.165) is 32.1 Å². The van der Waals surface area contributed by atoms with Crippen LogP contribution in [0.5, 0.6) is 0 Å². The number of hydrogen-bond donors (Lipinski definition) is 1. The Bertz CT molecular complexity index is 800. The van der Waals surface area contributed by atoms with E-state index >= 15 is 0 Å². The number of carbonyl (C=O) groups is 2. The van der Waals surface area contributed by atoms with Crippen LogP contribution in [0.25, 0.3) is 0 Å². The molecule has 0 saturated heterocycles. The van der Waals surface area contributed by atoms with Crippen LogP contribution in [0.2, 0.25) is 0 Å². The summed E-state index contributed by atoms with van der Waals surface area (Å²) < 4.78 is 5.84. The molecular weight excluding hydrogens is 390 g/mol. The fourth-order valence-corrected chi connectivity index (χ4v) is 6.03. The molecule has 0 amide bonds. The maximum absolute atomic E-state index is 12.9.